The van der Waals surface area contributed by atoms with Crippen LogP contribution in [0, 0.1) is 11.7 Å². The van der Waals surface area contributed by atoms with Crippen molar-refractivity contribution in [2.45, 2.75) is 23.9 Å². The highest BCUT2D eigenvalue weighted by Crippen LogP contribution is 2.32. The maximum Gasteiger partial charge on any atom is 0.416 e. The van der Waals surface area contributed by atoms with Crippen LogP contribution >= 0.6 is 0 Å². The van der Waals surface area contributed by atoms with Gasteiger partial charge in [0.1, 0.15) is 5.82 Å². The second-order valence-electron chi connectivity index (χ2n) is 6.70. The molecule has 0 radical (unpaired) electrons. The molecule has 1 heterocycles. The first kappa shape index (κ1) is 21.3. The van der Waals surface area contributed by atoms with Gasteiger partial charge in [-0.25, -0.2) is 12.8 Å². The maximum absolute atomic E-state index is 13.9. The van der Waals surface area contributed by atoms with Gasteiger partial charge in [-0.2, -0.15) is 17.5 Å². The van der Waals surface area contributed by atoms with E-state index in [4.69, 9.17) is 0 Å². The minimum Gasteiger partial charge on any atom is -0.323 e. The highest BCUT2D eigenvalue weighted by atomic mass is 32.2. The summed E-state index contributed by atoms with van der Waals surface area (Å²) in [6.45, 7) is 0.0859. The van der Waals surface area contributed by atoms with Crippen molar-refractivity contribution in [3.8, 4) is 0 Å². The molecule has 2 aromatic carbocycles. The van der Waals surface area contributed by atoms with Crippen LogP contribution in [0.1, 0.15) is 18.4 Å². The van der Waals surface area contributed by atoms with E-state index in [2.05, 4.69) is 5.32 Å². The summed E-state index contributed by atoms with van der Waals surface area (Å²) in [6, 6.07) is 9.46. The van der Waals surface area contributed by atoms with Gasteiger partial charge in [-0.1, -0.05) is 18.2 Å². The summed E-state index contributed by atoms with van der Waals surface area (Å²) in [5.74, 6) is -2.54. The minimum atomic E-state index is -4.68. The van der Waals surface area contributed by atoms with Crippen LogP contribution in [0.4, 0.5) is 23.2 Å². The zero-order valence-corrected chi connectivity index (χ0v) is 15.9. The Hall–Kier alpha value is -2.46. The van der Waals surface area contributed by atoms with E-state index in [1.807, 2.05) is 0 Å². The molecule has 1 amide bonds. The molecule has 156 valence electrons. The highest BCUT2D eigenvalue weighted by molar-refractivity contribution is 7.89. The molecule has 1 fully saturated rings. The molecule has 29 heavy (non-hydrogen) atoms. The van der Waals surface area contributed by atoms with Gasteiger partial charge in [0, 0.05) is 13.1 Å². The van der Waals surface area contributed by atoms with E-state index in [1.54, 1.807) is 18.2 Å². The molecule has 0 aliphatic carbocycles. The molecular weight excluding hydrogens is 412 g/mol. The van der Waals surface area contributed by atoms with Crippen LogP contribution < -0.4 is 5.32 Å². The zero-order valence-electron chi connectivity index (χ0n) is 15.1. The van der Waals surface area contributed by atoms with Gasteiger partial charge in [0.2, 0.25) is 15.9 Å². The molecule has 1 N–H and O–H groups in total. The van der Waals surface area contributed by atoms with E-state index < -0.39 is 45.1 Å². The molecule has 3 rings (SSSR count). The number of nitrogens with one attached hydrogen (secondary N) is 1. The van der Waals surface area contributed by atoms with E-state index in [0.717, 1.165) is 0 Å². The Morgan fingerprint density at radius 1 is 1.10 bits per heavy atom. The Balaban J connectivity index is 1.76. The molecule has 5 nitrogen and oxygen atoms in total. The smallest absolute Gasteiger partial charge is 0.323 e. The average molecular weight is 430 g/mol. The number of carbonyl (C=O) groups excluding carboxylic acids is 1. The topological polar surface area (TPSA) is 66.5 Å². The fourth-order valence-electron chi connectivity index (χ4n) is 3.15. The second-order valence-corrected chi connectivity index (χ2v) is 8.63. The van der Waals surface area contributed by atoms with Crippen LogP contribution in [-0.4, -0.2) is 31.7 Å². The van der Waals surface area contributed by atoms with Crippen molar-refractivity contribution in [3.63, 3.8) is 0 Å². The summed E-state index contributed by atoms with van der Waals surface area (Å²) < 4.78 is 79.0. The number of hydrogen-bond donors (Lipinski definition) is 1. The Morgan fingerprint density at radius 3 is 2.45 bits per heavy atom. The van der Waals surface area contributed by atoms with E-state index in [1.165, 1.54) is 16.4 Å². The largest absolute Gasteiger partial charge is 0.416 e. The number of sulfonamides is 1. The molecule has 0 bridgehead atoms. The third-order valence-corrected chi connectivity index (χ3v) is 6.57. The van der Waals surface area contributed by atoms with Crippen molar-refractivity contribution in [2.24, 2.45) is 5.92 Å². The highest BCUT2D eigenvalue weighted by Gasteiger charge is 2.34. The summed E-state index contributed by atoms with van der Waals surface area (Å²) in [5.41, 5.74) is -1.68. The normalized spacial score (nSPS) is 18.4. The number of carbonyl (C=O) groups is 1. The predicted octanol–water partition coefficient (Wildman–Crippen LogP) is 3.88. The van der Waals surface area contributed by atoms with Crippen LogP contribution in [0.25, 0.3) is 0 Å². The van der Waals surface area contributed by atoms with Gasteiger partial charge in [0.15, 0.2) is 0 Å². The lowest BCUT2D eigenvalue weighted by Crippen LogP contribution is -2.43. The van der Waals surface area contributed by atoms with Gasteiger partial charge in [-0.15, -0.1) is 0 Å². The monoisotopic (exact) mass is 430 g/mol. The number of amides is 1. The second kappa shape index (κ2) is 8.11. The number of hydrogen-bond acceptors (Lipinski definition) is 3. The Morgan fingerprint density at radius 2 is 1.79 bits per heavy atom. The Labute approximate surface area is 165 Å². The summed E-state index contributed by atoms with van der Waals surface area (Å²) in [5, 5.41) is 2.17. The van der Waals surface area contributed by atoms with E-state index in [-0.39, 0.29) is 18.0 Å². The van der Waals surface area contributed by atoms with Crippen molar-refractivity contribution < 1.29 is 30.8 Å². The van der Waals surface area contributed by atoms with Gasteiger partial charge in [-0.3, -0.25) is 4.79 Å². The number of rotatable bonds is 4. The Bertz CT molecular complexity index is 994. The van der Waals surface area contributed by atoms with E-state index in [0.29, 0.717) is 31.0 Å². The SMILES string of the molecule is O=C(Nc1cc(C(F)(F)F)ccc1F)C1CCCN(S(=O)(=O)c2ccccc2)C1. The first-order chi connectivity index (χ1) is 13.6. The van der Waals surface area contributed by atoms with Crippen LogP contribution in [0.3, 0.4) is 0 Å². The van der Waals surface area contributed by atoms with Gasteiger partial charge in [-0.05, 0) is 43.2 Å². The van der Waals surface area contributed by atoms with Crippen LogP contribution in [0.2, 0.25) is 0 Å². The molecule has 1 unspecified atom stereocenters. The molecular formula is C19H18F4N2O3S. The molecule has 1 atom stereocenters. The fourth-order valence-corrected chi connectivity index (χ4v) is 4.69. The first-order valence-corrected chi connectivity index (χ1v) is 10.3. The summed E-state index contributed by atoms with van der Waals surface area (Å²) >= 11 is 0. The predicted molar refractivity (Wildman–Crippen MR) is 98.0 cm³/mol. The summed E-state index contributed by atoms with van der Waals surface area (Å²) in [7, 11) is -3.81. The standard InChI is InChI=1S/C19H18F4N2O3S/c20-16-9-8-14(19(21,22)23)11-17(16)24-18(26)13-5-4-10-25(12-13)29(27,28)15-6-2-1-3-7-15/h1-3,6-9,11,13H,4-5,10,12H2,(H,24,26). The zero-order chi connectivity index (χ0) is 21.2. The number of nitrogens with zero attached hydrogens (tertiary/aromatic N) is 1. The molecule has 0 spiro atoms. The molecule has 0 saturated carbocycles. The lowest BCUT2D eigenvalue weighted by Gasteiger charge is -2.31. The first-order valence-electron chi connectivity index (χ1n) is 8.82. The molecule has 1 aliphatic rings. The van der Waals surface area contributed by atoms with Gasteiger partial charge in [0.25, 0.3) is 0 Å². The maximum atomic E-state index is 13.9. The quantitative estimate of drug-likeness (QED) is 0.749. The third-order valence-electron chi connectivity index (χ3n) is 4.69. The lowest BCUT2D eigenvalue weighted by atomic mass is 9.98. The van der Waals surface area contributed by atoms with Crippen LogP contribution in [0.5, 0.6) is 0 Å². The van der Waals surface area contributed by atoms with Crippen LogP contribution in [0.15, 0.2) is 53.4 Å². The molecule has 0 aromatic heterocycles. The summed E-state index contributed by atoms with van der Waals surface area (Å²) in [6.07, 6.45) is -3.94. The number of halogens is 4. The third kappa shape index (κ3) is 4.76. The minimum absolute atomic E-state index is 0.0879. The lowest BCUT2D eigenvalue weighted by molar-refractivity contribution is -0.137. The molecule has 2 aromatic rings. The van der Waals surface area contributed by atoms with Crippen molar-refractivity contribution in [1.29, 1.82) is 0 Å². The van der Waals surface area contributed by atoms with E-state index in [9.17, 15) is 30.8 Å². The van der Waals surface area contributed by atoms with Gasteiger partial charge >= 0.3 is 6.18 Å². The fraction of sp³-hybridized carbons (Fsp3) is 0.316. The molecule has 10 heteroatoms. The summed E-state index contributed by atoms with van der Waals surface area (Å²) in [4.78, 5) is 12.6. The van der Waals surface area contributed by atoms with E-state index >= 15 is 0 Å². The van der Waals surface area contributed by atoms with Crippen molar-refractivity contribution in [3.05, 3.63) is 59.9 Å². The van der Waals surface area contributed by atoms with Crippen molar-refractivity contribution in [2.75, 3.05) is 18.4 Å². The Kier molecular flexibility index (Phi) is 5.95. The van der Waals surface area contributed by atoms with Crippen molar-refractivity contribution >= 4 is 21.6 Å². The number of benzene rings is 2. The molecule has 1 aliphatic heterocycles. The van der Waals surface area contributed by atoms with Gasteiger partial charge < -0.3 is 5.32 Å². The average Bonchev–Trinajstić information content (AvgIpc) is 2.69. The van der Waals surface area contributed by atoms with Crippen molar-refractivity contribution in [1.82, 2.24) is 4.31 Å². The van der Waals surface area contributed by atoms with Gasteiger partial charge in [0.05, 0.1) is 22.1 Å². The van der Waals surface area contributed by atoms with Crippen LogP contribution in [-0.2, 0) is 21.0 Å². The molecule has 1 saturated heterocycles. The number of piperidine rings is 1. The number of anilines is 1. The number of alkyl halides is 3.